The number of aromatic nitrogens is 1. The standard InChI is InChI=1S/C15H24N4O/c16-14(19-13-6-2-5-10-17-13)18-12-15(9-11-20)7-3-1-4-8-15/h2,5-6,10,20H,1,3-4,7-9,11-12H2,(H3,16,17,18,19). The molecule has 0 radical (unpaired) electrons. The van der Waals surface area contributed by atoms with Crippen LogP contribution in [0.4, 0.5) is 5.82 Å². The van der Waals surface area contributed by atoms with Crippen LogP contribution >= 0.6 is 0 Å². The summed E-state index contributed by atoms with van der Waals surface area (Å²) >= 11 is 0. The highest BCUT2D eigenvalue weighted by Crippen LogP contribution is 2.39. The lowest BCUT2D eigenvalue weighted by atomic mass is 9.72. The van der Waals surface area contributed by atoms with E-state index in [1.54, 1.807) is 6.20 Å². The molecule has 5 nitrogen and oxygen atoms in total. The van der Waals surface area contributed by atoms with Crippen LogP contribution in [0.5, 0.6) is 0 Å². The summed E-state index contributed by atoms with van der Waals surface area (Å²) in [5, 5.41) is 12.3. The highest BCUT2D eigenvalue weighted by atomic mass is 16.3. The van der Waals surface area contributed by atoms with E-state index >= 15 is 0 Å². The zero-order chi connectivity index (χ0) is 14.3. The average Bonchev–Trinajstić information content (AvgIpc) is 2.48. The number of anilines is 1. The fourth-order valence-electron chi connectivity index (χ4n) is 2.89. The molecule has 0 bridgehead atoms. The molecule has 1 aromatic heterocycles. The zero-order valence-corrected chi connectivity index (χ0v) is 11.9. The first-order valence-electron chi connectivity index (χ1n) is 7.33. The lowest BCUT2D eigenvalue weighted by molar-refractivity contribution is 0.137. The average molecular weight is 276 g/mol. The van der Waals surface area contributed by atoms with Gasteiger partial charge in [-0.3, -0.25) is 4.99 Å². The van der Waals surface area contributed by atoms with Crippen LogP contribution in [0.2, 0.25) is 0 Å². The summed E-state index contributed by atoms with van der Waals surface area (Å²) in [6.45, 7) is 0.905. The first-order chi connectivity index (χ1) is 9.74. The van der Waals surface area contributed by atoms with Gasteiger partial charge in [0.15, 0.2) is 5.96 Å². The summed E-state index contributed by atoms with van der Waals surface area (Å²) in [5.41, 5.74) is 6.04. The van der Waals surface area contributed by atoms with Crippen molar-refractivity contribution < 1.29 is 5.11 Å². The molecule has 1 aromatic rings. The Hall–Kier alpha value is -1.62. The predicted octanol–water partition coefficient (Wildman–Crippen LogP) is 2.14. The number of aliphatic hydroxyl groups is 1. The maximum absolute atomic E-state index is 9.28. The fourth-order valence-corrected chi connectivity index (χ4v) is 2.89. The predicted molar refractivity (Wildman–Crippen MR) is 81.6 cm³/mol. The summed E-state index contributed by atoms with van der Waals surface area (Å²) in [7, 11) is 0. The molecule has 0 saturated heterocycles. The van der Waals surface area contributed by atoms with E-state index in [9.17, 15) is 5.11 Å². The number of hydrogen-bond acceptors (Lipinski definition) is 3. The van der Waals surface area contributed by atoms with Crippen LogP contribution in [-0.4, -0.2) is 29.2 Å². The number of nitrogens with one attached hydrogen (secondary N) is 1. The van der Waals surface area contributed by atoms with Crippen molar-refractivity contribution in [2.45, 2.75) is 38.5 Å². The first-order valence-corrected chi connectivity index (χ1v) is 7.33. The van der Waals surface area contributed by atoms with Crippen molar-refractivity contribution in [1.82, 2.24) is 4.98 Å². The van der Waals surface area contributed by atoms with Gasteiger partial charge in [-0.15, -0.1) is 0 Å². The van der Waals surface area contributed by atoms with Gasteiger partial charge in [-0.25, -0.2) is 4.98 Å². The SMILES string of the molecule is NC(=NCC1(CCO)CCCCC1)Nc1ccccn1. The molecule has 0 aliphatic heterocycles. The second-order valence-electron chi connectivity index (χ2n) is 5.58. The lowest BCUT2D eigenvalue weighted by Crippen LogP contribution is -2.31. The minimum Gasteiger partial charge on any atom is -0.396 e. The molecule has 1 aliphatic rings. The quantitative estimate of drug-likeness (QED) is 0.568. The van der Waals surface area contributed by atoms with E-state index in [4.69, 9.17) is 5.73 Å². The largest absolute Gasteiger partial charge is 0.396 e. The Morgan fingerprint density at radius 1 is 1.35 bits per heavy atom. The lowest BCUT2D eigenvalue weighted by Gasteiger charge is -2.35. The zero-order valence-electron chi connectivity index (χ0n) is 11.9. The van der Waals surface area contributed by atoms with Crippen LogP contribution in [0, 0.1) is 5.41 Å². The van der Waals surface area contributed by atoms with Crippen LogP contribution in [0.25, 0.3) is 0 Å². The number of aliphatic hydroxyl groups excluding tert-OH is 1. The van der Waals surface area contributed by atoms with Crippen molar-refractivity contribution in [2.75, 3.05) is 18.5 Å². The van der Waals surface area contributed by atoms with E-state index < -0.39 is 0 Å². The number of nitrogens with zero attached hydrogens (tertiary/aromatic N) is 2. The molecular formula is C15H24N4O. The normalized spacial score (nSPS) is 18.8. The highest BCUT2D eigenvalue weighted by molar-refractivity contribution is 5.91. The Kier molecular flexibility index (Phi) is 5.35. The minimum atomic E-state index is 0.128. The molecule has 1 aliphatic carbocycles. The van der Waals surface area contributed by atoms with Crippen LogP contribution in [0.3, 0.4) is 0 Å². The second-order valence-corrected chi connectivity index (χ2v) is 5.58. The van der Waals surface area contributed by atoms with E-state index in [1.807, 2.05) is 18.2 Å². The third-order valence-corrected chi connectivity index (χ3v) is 4.06. The molecule has 20 heavy (non-hydrogen) atoms. The summed E-state index contributed by atoms with van der Waals surface area (Å²) in [5.74, 6) is 1.10. The number of nitrogens with two attached hydrogens (primary N) is 1. The Morgan fingerprint density at radius 3 is 2.80 bits per heavy atom. The van der Waals surface area contributed by atoms with Gasteiger partial charge in [0.25, 0.3) is 0 Å². The third kappa shape index (κ3) is 4.20. The van der Waals surface area contributed by atoms with Gasteiger partial charge in [0.05, 0.1) is 0 Å². The van der Waals surface area contributed by atoms with Crippen LogP contribution < -0.4 is 11.1 Å². The molecule has 0 unspecified atom stereocenters. The van der Waals surface area contributed by atoms with Crippen molar-refractivity contribution in [1.29, 1.82) is 0 Å². The van der Waals surface area contributed by atoms with E-state index in [1.165, 1.54) is 19.3 Å². The van der Waals surface area contributed by atoms with Gasteiger partial charge >= 0.3 is 0 Å². The molecule has 0 amide bonds. The van der Waals surface area contributed by atoms with E-state index in [2.05, 4.69) is 15.3 Å². The summed E-state index contributed by atoms with van der Waals surface area (Å²) < 4.78 is 0. The molecule has 2 rings (SSSR count). The Balaban J connectivity index is 1.94. The molecule has 1 heterocycles. The van der Waals surface area contributed by atoms with E-state index in [0.717, 1.165) is 19.3 Å². The van der Waals surface area contributed by atoms with Gasteiger partial charge in [0, 0.05) is 19.3 Å². The van der Waals surface area contributed by atoms with Crippen LogP contribution in [0.1, 0.15) is 38.5 Å². The van der Waals surface area contributed by atoms with Crippen LogP contribution in [-0.2, 0) is 0 Å². The Morgan fingerprint density at radius 2 is 2.15 bits per heavy atom. The number of pyridine rings is 1. The number of hydrogen-bond donors (Lipinski definition) is 3. The third-order valence-electron chi connectivity index (χ3n) is 4.06. The van der Waals surface area contributed by atoms with Crippen LogP contribution in [0.15, 0.2) is 29.4 Å². The van der Waals surface area contributed by atoms with Gasteiger partial charge < -0.3 is 16.2 Å². The van der Waals surface area contributed by atoms with Gasteiger partial charge in [-0.2, -0.15) is 0 Å². The fraction of sp³-hybridized carbons (Fsp3) is 0.600. The van der Waals surface area contributed by atoms with Crippen molar-refractivity contribution in [3.05, 3.63) is 24.4 Å². The molecule has 5 heteroatoms. The summed E-state index contributed by atoms with van der Waals surface area (Å²) in [4.78, 5) is 8.62. The van der Waals surface area contributed by atoms with Gasteiger partial charge in [0.1, 0.15) is 5.82 Å². The molecule has 0 atom stereocenters. The van der Waals surface area contributed by atoms with Gasteiger partial charge in [-0.1, -0.05) is 25.3 Å². The molecule has 0 spiro atoms. The van der Waals surface area contributed by atoms with E-state index in [0.29, 0.717) is 18.3 Å². The summed E-state index contributed by atoms with van der Waals surface area (Å²) in [6, 6.07) is 5.61. The van der Waals surface area contributed by atoms with Crippen molar-refractivity contribution in [3.8, 4) is 0 Å². The van der Waals surface area contributed by atoms with Crippen molar-refractivity contribution in [2.24, 2.45) is 16.1 Å². The maximum atomic E-state index is 9.28. The van der Waals surface area contributed by atoms with Crippen molar-refractivity contribution in [3.63, 3.8) is 0 Å². The van der Waals surface area contributed by atoms with Gasteiger partial charge in [-0.05, 0) is 36.8 Å². The molecular weight excluding hydrogens is 252 g/mol. The molecule has 1 fully saturated rings. The highest BCUT2D eigenvalue weighted by Gasteiger charge is 2.31. The molecule has 4 N–H and O–H groups in total. The Labute approximate surface area is 120 Å². The maximum Gasteiger partial charge on any atom is 0.194 e. The number of aliphatic imine (C=N–C) groups is 1. The van der Waals surface area contributed by atoms with E-state index in [-0.39, 0.29) is 12.0 Å². The monoisotopic (exact) mass is 276 g/mol. The smallest absolute Gasteiger partial charge is 0.194 e. The molecule has 110 valence electrons. The first kappa shape index (κ1) is 14.8. The summed E-state index contributed by atoms with van der Waals surface area (Å²) in [6.07, 6.45) is 8.53. The Bertz CT molecular complexity index is 421. The second kappa shape index (κ2) is 7.24. The van der Waals surface area contributed by atoms with Crippen molar-refractivity contribution >= 4 is 11.8 Å². The topological polar surface area (TPSA) is 83.5 Å². The number of guanidine groups is 1. The molecule has 0 aromatic carbocycles. The minimum absolute atomic E-state index is 0.128. The van der Waals surface area contributed by atoms with Gasteiger partial charge in [0.2, 0.25) is 0 Å². The number of rotatable bonds is 5. The molecule has 1 saturated carbocycles.